The van der Waals surface area contributed by atoms with Crippen LogP contribution in [0.5, 0.6) is 0 Å². The molecule has 0 aliphatic heterocycles. The molecule has 0 aromatic heterocycles. The summed E-state index contributed by atoms with van der Waals surface area (Å²) in [5.41, 5.74) is 0.727. The maximum absolute atomic E-state index is 12.3. The third-order valence-electron chi connectivity index (χ3n) is 3.66. The summed E-state index contributed by atoms with van der Waals surface area (Å²) in [7, 11) is 1.34. The number of nitrogens with zero attached hydrogens (tertiary/aromatic N) is 2. The van der Waals surface area contributed by atoms with Crippen LogP contribution in [0, 0.1) is 5.92 Å². The number of hydrogen-bond acceptors (Lipinski definition) is 3. The lowest BCUT2D eigenvalue weighted by atomic mass is 10.2. The van der Waals surface area contributed by atoms with Gasteiger partial charge < -0.3 is 10.6 Å². The van der Waals surface area contributed by atoms with E-state index in [2.05, 4.69) is 15.6 Å². The summed E-state index contributed by atoms with van der Waals surface area (Å²) in [6.45, 7) is 1.32. The van der Waals surface area contributed by atoms with Crippen LogP contribution in [0.4, 0.5) is 0 Å². The van der Waals surface area contributed by atoms with Gasteiger partial charge in [-0.3, -0.25) is 4.99 Å². The van der Waals surface area contributed by atoms with Crippen molar-refractivity contribution in [2.45, 2.75) is 24.3 Å². The zero-order valence-corrected chi connectivity index (χ0v) is 14.2. The summed E-state index contributed by atoms with van der Waals surface area (Å²) in [5.74, 6) is 1.45. The summed E-state index contributed by atoms with van der Waals surface area (Å²) in [6, 6.07) is 7.02. The molecule has 1 aromatic rings. The van der Waals surface area contributed by atoms with Crippen molar-refractivity contribution in [3.05, 3.63) is 29.8 Å². The van der Waals surface area contributed by atoms with Crippen molar-refractivity contribution in [2.75, 3.05) is 27.7 Å². The molecule has 1 saturated carbocycles. The van der Waals surface area contributed by atoms with Crippen molar-refractivity contribution in [1.29, 1.82) is 0 Å². The number of aliphatic imine (C=N–C) groups is 1. The molecule has 7 heteroatoms. The first-order valence-electron chi connectivity index (χ1n) is 7.40. The molecule has 0 amide bonds. The molecule has 6 nitrogen and oxygen atoms in total. The van der Waals surface area contributed by atoms with Gasteiger partial charge in [0.2, 0.25) is 10.0 Å². The van der Waals surface area contributed by atoms with Crippen LogP contribution in [0.15, 0.2) is 34.2 Å². The second kappa shape index (κ2) is 7.11. The zero-order chi connectivity index (χ0) is 16.2. The Bertz CT molecular complexity index is 637. The minimum atomic E-state index is -3.44. The lowest BCUT2D eigenvalue weighted by molar-refractivity contribution is 0.519. The molecule has 1 fully saturated rings. The van der Waals surface area contributed by atoms with E-state index in [-0.39, 0.29) is 0 Å². The highest BCUT2D eigenvalue weighted by Crippen LogP contribution is 2.27. The molecule has 0 atom stereocenters. The smallest absolute Gasteiger partial charge is 0.242 e. The summed E-state index contributed by atoms with van der Waals surface area (Å²) in [4.78, 5) is 4.49. The van der Waals surface area contributed by atoms with Crippen LogP contribution in [0.3, 0.4) is 0 Å². The van der Waals surface area contributed by atoms with Gasteiger partial charge in [-0.1, -0.05) is 18.2 Å². The highest BCUT2D eigenvalue weighted by atomic mass is 32.2. The Morgan fingerprint density at radius 3 is 2.55 bits per heavy atom. The van der Waals surface area contributed by atoms with Crippen molar-refractivity contribution in [1.82, 2.24) is 14.9 Å². The highest BCUT2D eigenvalue weighted by molar-refractivity contribution is 7.89. The van der Waals surface area contributed by atoms with Gasteiger partial charge in [0, 0.05) is 34.2 Å². The molecule has 0 heterocycles. The van der Waals surface area contributed by atoms with Gasteiger partial charge in [-0.15, -0.1) is 0 Å². The summed E-state index contributed by atoms with van der Waals surface area (Å²) in [5, 5.41) is 6.44. The maximum atomic E-state index is 12.3. The van der Waals surface area contributed by atoms with Crippen LogP contribution >= 0.6 is 0 Å². The van der Waals surface area contributed by atoms with E-state index in [1.807, 2.05) is 12.1 Å². The quantitative estimate of drug-likeness (QED) is 0.605. The van der Waals surface area contributed by atoms with Gasteiger partial charge >= 0.3 is 0 Å². The first-order valence-corrected chi connectivity index (χ1v) is 8.84. The Morgan fingerprint density at radius 1 is 1.27 bits per heavy atom. The van der Waals surface area contributed by atoms with Gasteiger partial charge in [0.1, 0.15) is 0 Å². The average Bonchev–Trinajstić information content (AvgIpc) is 3.31. The molecule has 0 unspecified atom stereocenters. The molecular formula is C15H24N4O2S. The van der Waals surface area contributed by atoms with E-state index in [9.17, 15) is 8.42 Å². The Morgan fingerprint density at radius 2 is 1.95 bits per heavy atom. The van der Waals surface area contributed by atoms with Crippen LogP contribution in [0.25, 0.3) is 0 Å². The number of benzene rings is 1. The molecule has 0 spiro atoms. The molecule has 1 aromatic carbocycles. The average molecular weight is 324 g/mol. The Balaban J connectivity index is 2.06. The van der Waals surface area contributed by atoms with E-state index in [0.29, 0.717) is 17.4 Å². The lowest BCUT2D eigenvalue weighted by Gasteiger charge is -2.16. The monoisotopic (exact) mass is 324 g/mol. The fraction of sp³-hybridized carbons (Fsp3) is 0.533. The molecule has 1 aliphatic carbocycles. The van der Waals surface area contributed by atoms with Crippen LogP contribution in [0.2, 0.25) is 0 Å². The normalized spacial score (nSPS) is 15.9. The van der Waals surface area contributed by atoms with Crippen LogP contribution in [0.1, 0.15) is 18.4 Å². The van der Waals surface area contributed by atoms with E-state index in [4.69, 9.17) is 0 Å². The van der Waals surface area contributed by atoms with Crippen LogP contribution in [-0.2, 0) is 16.6 Å². The molecule has 0 radical (unpaired) electrons. The van der Waals surface area contributed by atoms with Gasteiger partial charge in [0.05, 0.1) is 4.90 Å². The molecule has 122 valence electrons. The standard InChI is InChI=1S/C15H24N4O2S/c1-16-15(17-10-12-8-9-12)18-11-13-6-4-5-7-14(13)22(20,21)19(2)3/h4-7,12H,8-11H2,1-3H3,(H2,16,17,18). The number of hydrogen-bond donors (Lipinski definition) is 2. The first-order chi connectivity index (χ1) is 10.4. The molecule has 1 aliphatic rings. The Labute approximate surface area is 132 Å². The van der Waals surface area contributed by atoms with Crippen molar-refractivity contribution >= 4 is 16.0 Å². The van der Waals surface area contributed by atoms with E-state index in [1.165, 1.54) is 31.2 Å². The zero-order valence-electron chi connectivity index (χ0n) is 13.3. The molecule has 2 N–H and O–H groups in total. The first kappa shape index (κ1) is 16.8. The summed E-state index contributed by atoms with van der Waals surface area (Å²) >= 11 is 0. The van der Waals surface area contributed by atoms with E-state index in [1.54, 1.807) is 19.2 Å². The third kappa shape index (κ3) is 4.20. The Hall–Kier alpha value is -1.60. The molecule has 0 bridgehead atoms. The summed E-state index contributed by atoms with van der Waals surface area (Å²) in [6.07, 6.45) is 2.54. The van der Waals surface area contributed by atoms with E-state index in [0.717, 1.165) is 18.0 Å². The minimum Gasteiger partial charge on any atom is -0.356 e. The van der Waals surface area contributed by atoms with E-state index < -0.39 is 10.0 Å². The van der Waals surface area contributed by atoms with Crippen LogP contribution in [-0.4, -0.2) is 46.4 Å². The fourth-order valence-electron chi connectivity index (χ4n) is 2.06. The summed E-state index contributed by atoms with van der Waals surface area (Å²) < 4.78 is 25.9. The SMILES string of the molecule is CN=C(NCc1ccccc1S(=O)(=O)N(C)C)NCC1CC1. The molecule has 2 rings (SSSR count). The van der Waals surface area contributed by atoms with Crippen molar-refractivity contribution < 1.29 is 8.42 Å². The molecule has 22 heavy (non-hydrogen) atoms. The number of rotatable bonds is 6. The third-order valence-corrected chi connectivity index (χ3v) is 5.57. The van der Waals surface area contributed by atoms with Crippen molar-refractivity contribution in [3.8, 4) is 0 Å². The van der Waals surface area contributed by atoms with Gasteiger partial charge in [-0.25, -0.2) is 12.7 Å². The van der Waals surface area contributed by atoms with Gasteiger partial charge in [0.15, 0.2) is 5.96 Å². The maximum Gasteiger partial charge on any atom is 0.242 e. The predicted octanol–water partition coefficient (Wildman–Crippen LogP) is 1.01. The fourth-order valence-corrected chi connectivity index (χ4v) is 3.18. The van der Waals surface area contributed by atoms with Gasteiger partial charge in [0.25, 0.3) is 0 Å². The molecular weight excluding hydrogens is 300 g/mol. The van der Waals surface area contributed by atoms with Gasteiger partial charge in [-0.05, 0) is 30.4 Å². The number of nitrogens with one attached hydrogen (secondary N) is 2. The second-order valence-corrected chi connectivity index (χ2v) is 7.77. The number of sulfonamides is 1. The topological polar surface area (TPSA) is 73.8 Å². The lowest BCUT2D eigenvalue weighted by Crippen LogP contribution is -2.38. The second-order valence-electron chi connectivity index (χ2n) is 5.65. The van der Waals surface area contributed by atoms with Crippen LogP contribution < -0.4 is 10.6 Å². The minimum absolute atomic E-state index is 0.324. The van der Waals surface area contributed by atoms with Gasteiger partial charge in [-0.2, -0.15) is 0 Å². The van der Waals surface area contributed by atoms with Crippen molar-refractivity contribution in [2.24, 2.45) is 10.9 Å². The Kier molecular flexibility index (Phi) is 5.42. The van der Waals surface area contributed by atoms with E-state index >= 15 is 0 Å². The largest absolute Gasteiger partial charge is 0.356 e. The number of guanidine groups is 1. The molecule has 0 saturated heterocycles. The van der Waals surface area contributed by atoms with Crippen molar-refractivity contribution in [3.63, 3.8) is 0 Å². The highest BCUT2D eigenvalue weighted by Gasteiger charge is 2.22. The predicted molar refractivity (Wildman–Crippen MR) is 88.2 cm³/mol.